The molecular weight excluding hydrogens is 357 g/mol. The average molecular weight is 381 g/mol. The van der Waals surface area contributed by atoms with E-state index in [1.54, 1.807) is 11.8 Å². The number of methoxy groups -OCH3 is 1. The minimum Gasteiger partial charge on any atom is -0.481 e. The molecule has 0 bridgehead atoms. The second kappa shape index (κ2) is 8.23. The summed E-state index contributed by atoms with van der Waals surface area (Å²) >= 11 is 0. The number of rotatable bonds is 5. The smallest absolute Gasteiger partial charge is 0.216 e. The molecule has 0 saturated heterocycles. The van der Waals surface area contributed by atoms with E-state index in [9.17, 15) is 0 Å². The lowest BCUT2D eigenvalue weighted by Crippen LogP contribution is -2.34. The first kappa shape index (κ1) is 18.0. The first-order valence-electron chi connectivity index (χ1n) is 6.06. The van der Waals surface area contributed by atoms with Gasteiger partial charge in [-0.25, -0.2) is 9.67 Å². The molecule has 1 heterocycles. The van der Waals surface area contributed by atoms with Crippen molar-refractivity contribution in [2.75, 3.05) is 13.7 Å². The lowest BCUT2D eigenvalue weighted by Gasteiger charge is -2.08. The number of nitrogens with zero attached hydrogens (tertiary/aromatic N) is 3. The summed E-state index contributed by atoms with van der Waals surface area (Å²) in [6, 6.07) is 0. The number of aromatic nitrogens is 2. The summed E-state index contributed by atoms with van der Waals surface area (Å²) in [6.45, 7) is 7.46. The number of hydrogen-bond donors (Lipinski definition) is 2. The van der Waals surface area contributed by atoms with Gasteiger partial charge in [0.2, 0.25) is 5.88 Å². The van der Waals surface area contributed by atoms with Crippen LogP contribution in [-0.2, 0) is 13.6 Å². The number of nitrogens with two attached hydrogens (primary N) is 1. The molecule has 0 fully saturated rings. The maximum Gasteiger partial charge on any atom is 0.216 e. The third kappa shape index (κ3) is 5.25. The molecule has 0 atom stereocenters. The zero-order chi connectivity index (χ0) is 13.7. The molecule has 19 heavy (non-hydrogen) atoms. The Hall–Kier alpha value is -0.990. The van der Waals surface area contributed by atoms with E-state index in [0.29, 0.717) is 18.4 Å². The van der Waals surface area contributed by atoms with Crippen molar-refractivity contribution in [1.29, 1.82) is 0 Å². The van der Waals surface area contributed by atoms with Gasteiger partial charge < -0.3 is 15.8 Å². The van der Waals surface area contributed by atoms with Gasteiger partial charge in [-0.3, -0.25) is 0 Å². The maximum atomic E-state index is 5.79. The van der Waals surface area contributed by atoms with Crippen LogP contribution in [0.25, 0.3) is 0 Å². The van der Waals surface area contributed by atoms with Gasteiger partial charge in [-0.15, -0.1) is 24.0 Å². The van der Waals surface area contributed by atoms with E-state index >= 15 is 0 Å². The third-order valence-electron chi connectivity index (χ3n) is 2.58. The molecular formula is C12H24IN5O. The van der Waals surface area contributed by atoms with E-state index < -0.39 is 0 Å². The molecule has 0 saturated carbocycles. The Balaban J connectivity index is 0.00000324. The fraction of sp³-hybridized carbons (Fsp3) is 0.667. The molecule has 0 amide bonds. The van der Waals surface area contributed by atoms with Crippen LogP contribution in [0.5, 0.6) is 5.88 Å². The summed E-state index contributed by atoms with van der Waals surface area (Å²) < 4.78 is 7.00. The van der Waals surface area contributed by atoms with Crippen LogP contribution >= 0.6 is 24.0 Å². The molecule has 1 rings (SSSR count). The molecule has 1 aromatic rings. The number of hydrogen-bond acceptors (Lipinski definition) is 3. The van der Waals surface area contributed by atoms with Gasteiger partial charge in [-0.2, -0.15) is 5.10 Å². The Morgan fingerprint density at radius 2 is 2.16 bits per heavy atom. The molecule has 3 N–H and O–H groups in total. The fourth-order valence-electron chi connectivity index (χ4n) is 1.65. The summed E-state index contributed by atoms with van der Waals surface area (Å²) in [7, 11) is 3.48. The van der Waals surface area contributed by atoms with Crippen LogP contribution in [0.4, 0.5) is 0 Å². The zero-order valence-electron chi connectivity index (χ0n) is 12.2. The van der Waals surface area contributed by atoms with Gasteiger partial charge >= 0.3 is 0 Å². The van der Waals surface area contributed by atoms with Crippen molar-refractivity contribution in [3.8, 4) is 5.88 Å². The number of halogens is 1. The average Bonchev–Trinajstić information content (AvgIpc) is 2.57. The molecule has 1 aromatic heterocycles. The monoisotopic (exact) mass is 381 g/mol. The van der Waals surface area contributed by atoms with Gasteiger partial charge in [-0.05, 0) is 12.8 Å². The van der Waals surface area contributed by atoms with E-state index in [2.05, 4.69) is 29.3 Å². The van der Waals surface area contributed by atoms with Crippen LogP contribution in [0.1, 0.15) is 25.1 Å². The quantitative estimate of drug-likeness (QED) is 0.460. The summed E-state index contributed by atoms with van der Waals surface area (Å²) in [5.74, 6) is 1.72. The standard InChI is InChI=1S/C12H23N5O.HI/c1-8(2)6-14-12(13)15-7-10-9(3)16-17(4)11(10)18-5;/h8H,6-7H2,1-5H3,(H3,13,14,15);1H. The highest BCUT2D eigenvalue weighted by molar-refractivity contribution is 14.0. The molecule has 7 heteroatoms. The Morgan fingerprint density at radius 3 is 2.68 bits per heavy atom. The first-order chi connectivity index (χ1) is 8.45. The topological polar surface area (TPSA) is 77.5 Å². The Labute approximate surface area is 131 Å². The van der Waals surface area contributed by atoms with E-state index in [1.165, 1.54) is 0 Å². The summed E-state index contributed by atoms with van der Waals surface area (Å²) in [5.41, 5.74) is 7.67. The minimum atomic E-state index is 0. The van der Waals surface area contributed by atoms with E-state index in [-0.39, 0.29) is 24.0 Å². The van der Waals surface area contributed by atoms with Gasteiger partial charge in [0, 0.05) is 13.6 Å². The third-order valence-corrected chi connectivity index (χ3v) is 2.58. The van der Waals surface area contributed by atoms with Crippen LogP contribution in [0.3, 0.4) is 0 Å². The van der Waals surface area contributed by atoms with Crippen molar-refractivity contribution in [2.45, 2.75) is 27.3 Å². The number of aliphatic imine (C=N–C) groups is 1. The highest BCUT2D eigenvalue weighted by atomic mass is 127. The molecule has 0 aliphatic carbocycles. The fourth-order valence-corrected chi connectivity index (χ4v) is 1.65. The SMILES string of the molecule is COc1c(CN=C(N)NCC(C)C)c(C)nn1C.I. The van der Waals surface area contributed by atoms with E-state index in [4.69, 9.17) is 10.5 Å². The first-order valence-corrected chi connectivity index (χ1v) is 6.06. The lowest BCUT2D eigenvalue weighted by molar-refractivity contribution is 0.369. The van der Waals surface area contributed by atoms with Gasteiger partial charge in [0.1, 0.15) is 0 Å². The van der Waals surface area contributed by atoms with Crippen LogP contribution in [-0.4, -0.2) is 29.4 Å². The van der Waals surface area contributed by atoms with Crippen molar-refractivity contribution in [3.05, 3.63) is 11.3 Å². The van der Waals surface area contributed by atoms with Crippen molar-refractivity contribution in [2.24, 2.45) is 23.7 Å². The second-order valence-corrected chi connectivity index (χ2v) is 4.67. The van der Waals surface area contributed by atoms with Crippen molar-refractivity contribution in [3.63, 3.8) is 0 Å². The molecule has 6 nitrogen and oxygen atoms in total. The van der Waals surface area contributed by atoms with Gasteiger partial charge in [-0.1, -0.05) is 13.8 Å². The maximum absolute atomic E-state index is 5.79. The van der Waals surface area contributed by atoms with Crippen LogP contribution < -0.4 is 15.8 Å². The predicted molar refractivity (Wildman–Crippen MR) is 88.1 cm³/mol. The normalized spacial score (nSPS) is 11.4. The van der Waals surface area contributed by atoms with E-state index in [1.807, 2.05) is 14.0 Å². The molecule has 0 aromatic carbocycles. The number of ether oxygens (including phenoxy) is 1. The molecule has 0 radical (unpaired) electrons. The Kier molecular flexibility index (Phi) is 7.81. The lowest BCUT2D eigenvalue weighted by atomic mass is 10.2. The van der Waals surface area contributed by atoms with Gasteiger partial charge in [0.15, 0.2) is 5.96 Å². The highest BCUT2D eigenvalue weighted by Crippen LogP contribution is 2.21. The highest BCUT2D eigenvalue weighted by Gasteiger charge is 2.13. The largest absolute Gasteiger partial charge is 0.481 e. The molecule has 0 aliphatic heterocycles. The van der Waals surface area contributed by atoms with E-state index in [0.717, 1.165) is 23.7 Å². The molecule has 0 aliphatic rings. The molecule has 110 valence electrons. The Bertz CT molecular complexity index is 428. The van der Waals surface area contributed by atoms with Gasteiger partial charge in [0.05, 0.1) is 24.9 Å². The molecule has 0 spiro atoms. The molecule has 0 unspecified atom stereocenters. The van der Waals surface area contributed by atoms with Crippen molar-refractivity contribution < 1.29 is 4.74 Å². The van der Waals surface area contributed by atoms with Crippen molar-refractivity contribution >= 4 is 29.9 Å². The Morgan fingerprint density at radius 1 is 1.53 bits per heavy atom. The second-order valence-electron chi connectivity index (χ2n) is 4.67. The summed E-state index contributed by atoms with van der Waals surface area (Å²) in [4.78, 5) is 4.30. The predicted octanol–water partition coefficient (Wildman–Crippen LogP) is 1.42. The number of aryl methyl sites for hydroxylation is 2. The summed E-state index contributed by atoms with van der Waals surface area (Å²) in [5, 5.41) is 7.37. The van der Waals surface area contributed by atoms with Crippen molar-refractivity contribution in [1.82, 2.24) is 15.1 Å². The van der Waals surface area contributed by atoms with Crippen LogP contribution in [0.2, 0.25) is 0 Å². The summed E-state index contributed by atoms with van der Waals surface area (Å²) in [6.07, 6.45) is 0. The van der Waals surface area contributed by atoms with Crippen LogP contribution in [0.15, 0.2) is 4.99 Å². The minimum absolute atomic E-state index is 0. The number of nitrogens with one attached hydrogen (secondary N) is 1. The van der Waals surface area contributed by atoms with Gasteiger partial charge in [0.25, 0.3) is 0 Å². The zero-order valence-corrected chi connectivity index (χ0v) is 14.6. The number of guanidine groups is 1. The van der Waals surface area contributed by atoms with Crippen LogP contribution in [0, 0.1) is 12.8 Å².